The first-order chi connectivity index (χ1) is 9.56. The molecule has 0 bridgehead atoms. The third kappa shape index (κ3) is 4.28. The van der Waals surface area contributed by atoms with Gasteiger partial charge in [-0.3, -0.25) is 4.79 Å². The number of amides is 1. The van der Waals surface area contributed by atoms with Crippen molar-refractivity contribution in [3.8, 4) is 0 Å². The number of rotatable bonds is 5. The van der Waals surface area contributed by atoms with Crippen LogP contribution < -0.4 is 5.32 Å². The summed E-state index contributed by atoms with van der Waals surface area (Å²) in [4.78, 5) is 11.8. The Labute approximate surface area is 126 Å². The second-order valence-corrected chi connectivity index (χ2v) is 6.24. The zero-order valence-electron chi connectivity index (χ0n) is 11.2. The molecule has 0 heterocycles. The Kier molecular flexibility index (Phi) is 5.54. The standard InChI is InChI=1S/C15H19BrFNO2/c16-12-5-6-13(17)11(7-12)8-15(20)18-9-14(19)10-3-1-2-4-10/h5-7,10,14,19H,1-4,8-9H2,(H,18,20). The summed E-state index contributed by atoms with van der Waals surface area (Å²) in [6, 6.07) is 4.53. The number of hydrogen-bond acceptors (Lipinski definition) is 2. The number of benzene rings is 1. The number of aliphatic hydroxyl groups is 1. The number of halogens is 2. The first-order valence-corrected chi connectivity index (χ1v) is 7.74. The first-order valence-electron chi connectivity index (χ1n) is 6.95. The molecule has 1 amide bonds. The molecule has 1 saturated carbocycles. The SMILES string of the molecule is O=C(Cc1cc(Br)ccc1F)NCC(O)C1CCCC1. The molecule has 1 aromatic rings. The Morgan fingerprint density at radius 1 is 1.45 bits per heavy atom. The van der Waals surface area contributed by atoms with Gasteiger partial charge in [0.1, 0.15) is 5.82 Å². The number of aliphatic hydroxyl groups excluding tert-OH is 1. The smallest absolute Gasteiger partial charge is 0.224 e. The van der Waals surface area contributed by atoms with Crippen molar-refractivity contribution in [3.63, 3.8) is 0 Å². The minimum atomic E-state index is -0.492. The van der Waals surface area contributed by atoms with Crippen LogP contribution in [0.5, 0.6) is 0 Å². The van der Waals surface area contributed by atoms with E-state index in [1.807, 2.05) is 0 Å². The Balaban J connectivity index is 1.81. The van der Waals surface area contributed by atoms with Gasteiger partial charge >= 0.3 is 0 Å². The van der Waals surface area contributed by atoms with Crippen molar-refractivity contribution < 1.29 is 14.3 Å². The molecular weight excluding hydrogens is 325 g/mol. The van der Waals surface area contributed by atoms with Crippen molar-refractivity contribution in [3.05, 3.63) is 34.1 Å². The molecule has 0 saturated heterocycles. The minimum absolute atomic E-state index is 0.0113. The molecule has 0 spiro atoms. The van der Waals surface area contributed by atoms with Crippen molar-refractivity contribution in [1.82, 2.24) is 5.32 Å². The summed E-state index contributed by atoms with van der Waals surface area (Å²) in [7, 11) is 0. The third-order valence-electron chi connectivity index (χ3n) is 3.81. The van der Waals surface area contributed by atoms with Crippen LogP contribution >= 0.6 is 15.9 Å². The lowest BCUT2D eigenvalue weighted by Crippen LogP contribution is -2.36. The number of carbonyl (C=O) groups is 1. The van der Waals surface area contributed by atoms with Gasteiger partial charge in [-0.2, -0.15) is 0 Å². The van der Waals surface area contributed by atoms with E-state index in [-0.39, 0.29) is 30.6 Å². The first kappa shape index (κ1) is 15.4. The summed E-state index contributed by atoms with van der Waals surface area (Å²) >= 11 is 3.25. The van der Waals surface area contributed by atoms with Crippen molar-refractivity contribution in [1.29, 1.82) is 0 Å². The van der Waals surface area contributed by atoms with Gasteiger partial charge in [0.05, 0.1) is 12.5 Å². The van der Waals surface area contributed by atoms with Crippen LogP contribution in [-0.2, 0) is 11.2 Å². The van der Waals surface area contributed by atoms with E-state index in [2.05, 4.69) is 21.2 Å². The molecule has 2 rings (SSSR count). The molecule has 1 fully saturated rings. The zero-order valence-corrected chi connectivity index (χ0v) is 12.8. The molecule has 20 heavy (non-hydrogen) atoms. The van der Waals surface area contributed by atoms with Gasteiger partial charge < -0.3 is 10.4 Å². The Bertz CT molecular complexity index is 475. The van der Waals surface area contributed by atoms with Gasteiger partial charge in [-0.25, -0.2) is 4.39 Å². The maximum atomic E-state index is 13.5. The predicted octanol–water partition coefficient (Wildman–Crippen LogP) is 2.80. The lowest BCUT2D eigenvalue weighted by molar-refractivity contribution is -0.121. The van der Waals surface area contributed by atoms with E-state index >= 15 is 0 Å². The van der Waals surface area contributed by atoms with Crippen LogP contribution in [-0.4, -0.2) is 23.7 Å². The Morgan fingerprint density at radius 2 is 2.15 bits per heavy atom. The zero-order chi connectivity index (χ0) is 14.5. The van der Waals surface area contributed by atoms with Crippen LogP contribution in [0.2, 0.25) is 0 Å². The Morgan fingerprint density at radius 3 is 2.85 bits per heavy atom. The summed E-state index contributed by atoms with van der Waals surface area (Å²) in [5.74, 6) is -0.364. The molecule has 2 N–H and O–H groups in total. The quantitative estimate of drug-likeness (QED) is 0.863. The maximum Gasteiger partial charge on any atom is 0.224 e. The summed E-state index contributed by atoms with van der Waals surface area (Å²) in [6.07, 6.45) is 3.85. The van der Waals surface area contributed by atoms with E-state index in [0.29, 0.717) is 5.56 Å². The van der Waals surface area contributed by atoms with Crippen molar-refractivity contribution in [2.24, 2.45) is 5.92 Å². The fraction of sp³-hybridized carbons (Fsp3) is 0.533. The van der Waals surface area contributed by atoms with Crippen molar-refractivity contribution >= 4 is 21.8 Å². The van der Waals surface area contributed by atoms with Gasteiger partial charge in [0.2, 0.25) is 5.91 Å². The van der Waals surface area contributed by atoms with E-state index < -0.39 is 6.10 Å². The normalized spacial score (nSPS) is 17.1. The monoisotopic (exact) mass is 343 g/mol. The van der Waals surface area contributed by atoms with Gasteiger partial charge in [-0.1, -0.05) is 28.8 Å². The minimum Gasteiger partial charge on any atom is -0.391 e. The second kappa shape index (κ2) is 7.18. The summed E-state index contributed by atoms with van der Waals surface area (Å²) in [5.41, 5.74) is 0.354. The van der Waals surface area contributed by atoms with Gasteiger partial charge in [0, 0.05) is 11.0 Å². The van der Waals surface area contributed by atoms with Crippen LogP contribution in [0.4, 0.5) is 4.39 Å². The molecular formula is C15H19BrFNO2. The molecule has 1 atom stereocenters. The van der Waals surface area contributed by atoms with E-state index in [1.165, 1.54) is 6.07 Å². The highest BCUT2D eigenvalue weighted by Crippen LogP contribution is 2.27. The fourth-order valence-corrected chi connectivity index (χ4v) is 3.05. The average Bonchev–Trinajstić information content (AvgIpc) is 2.94. The number of nitrogens with one attached hydrogen (secondary N) is 1. The van der Waals surface area contributed by atoms with Crippen LogP contribution in [0.15, 0.2) is 22.7 Å². The molecule has 1 aromatic carbocycles. The molecule has 1 unspecified atom stereocenters. The van der Waals surface area contributed by atoms with E-state index in [0.717, 1.165) is 30.2 Å². The van der Waals surface area contributed by atoms with Crippen molar-refractivity contribution in [2.45, 2.75) is 38.2 Å². The molecule has 5 heteroatoms. The average molecular weight is 344 g/mol. The third-order valence-corrected chi connectivity index (χ3v) is 4.30. The van der Waals surface area contributed by atoms with Gasteiger partial charge in [-0.05, 0) is 42.5 Å². The summed E-state index contributed by atoms with van der Waals surface area (Å²) in [5, 5.41) is 12.6. The van der Waals surface area contributed by atoms with E-state index in [1.54, 1.807) is 12.1 Å². The fourth-order valence-electron chi connectivity index (χ4n) is 2.64. The Hall–Kier alpha value is -0.940. The molecule has 110 valence electrons. The largest absolute Gasteiger partial charge is 0.391 e. The molecule has 3 nitrogen and oxygen atoms in total. The molecule has 0 aromatic heterocycles. The van der Waals surface area contributed by atoms with Gasteiger partial charge in [-0.15, -0.1) is 0 Å². The molecule has 0 aliphatic heterocycles. The van der Waals surface area contributed by atoms with Crippen LogP contribution in [0.25, 0.3) is 0 Å². The second-order valence-electron chi connectivity index (χ2n) is 5.33. The topological polar surface area (TPSA) is 49.3 Å². The van der Waals surface area contributed by atoms with Crippen molar-refractivity contribution in [2.75, 3.05) is 6.54 Å². The van der Waals surface area contributed by atoms with Crippen LogP contribution in [0, 0.1) is 11.7 Å². The highest BCUT2D eigenvalue weighted by Gasteiger charge is 2.23. The lowest BCUT2D eigenvalue weighted by atomic mass is 10.0. The number of carbonyl (C=O) groups excluding carboxylic acids is 1. The lowest BCUT2D eigenvalue weighted by Gasteiger charge is -2.18. The van der Waals surface area contributed by atoms with E-state index in [9.17, 15) is 14.3 Å². The summed E-state index contributed by atoms with van der Waals surface area (Å²) in [6.45, 7) is 0.249. The highest BCUT2D eigenvalue weighted by molar-refractivity contribution is 9.10. The van der Waals surface area contributed by atoms with Gasteiger partial charge in [0.15, 0.2) is 0 Å². The molecule has 1 aliphatic rings. The molecule has 1 aliphatic carbocycles. The number of hydrogen-bond donors (Lipinski definition) is 2. The summed E-state index contributed by atoms with van der Waals surface area (Å²) < 4.78 is 14.3. The molecule has 0 radical (unpaired) electrons. The maximum absolute atomic E-state index is 13.5. The van der Waals surface area contributed by atoms with Crippen LogP contribution in [0.1, 0.15) is 31.2 Å². The van der Waals surface area contributed by atoms with Gasteiger partial charge in [0.25, 0.3) is 0 Å². The highest BCUT2D eigenvalue weighted by atomic mass is 79.9. The predicted molar refractivity (Wildman–Crippen MR) is 78.8 cm³/mol. The van der Waals surface area contributed by atoms with Crippen LogP contribution in [0.3, 0.4) is 0 Å². The van der Waals surface area contributed by atoms with E-state index in [4.69, 9.17) is 0 Å².